The van der Waals surface area contributed by atoms with Gasteiger partial charge in [0.25, 0.3) is 0 Å². The maximum absolute atomic E-state index is 11.1. The summed E-state index contributed by atoms with van der Waals surface area (Å²) in [6, 6.07) is 0. The molecule has 1 saturated carbocycles. The summed E-state index contributed by atoms with van der Waals surface area (Å²) in [5.74, 6) is -0.0529. The van der Waals surface area contributed by atoms with Gasteiger partial charge in [0.2, 0.25) is 5.91 Å². The van der Waals surface area contributed by atoms with Crippen LogP contribution in [0.25, 0.3) is 0 Å². The predicted molar refractivity (Wildman–Crippen MR) is 50.4 cm³/mol. The van der Waals surface area contributed by atoms with E-state index in [0.29, 0.717) is 13.1 Å². The molecule has 1 amide bonds. The minimum atomic E-state index is -0.636. The molecule has 0 saturated heterocycles. The molecule has 3 N–H and O–H groups in total. The highest BCUT2D eigenvalue weighted by atomic mass is 16.3. The van der Waals surface area contributed by atoms with Gasteiger partial charge in [0.1, 0.15) is 0 Å². The van der Waals surface area contributed by atoms with Gasteiger partial charge in [-0.25, -0.2) is 0 Å². The van der Waals surface area contributed by atoms with Gasteiger partial charge in [-0.15, -0.1) is 0 Å². The molecule has 1 aliphatic rings. The van der Waals surface area contributed by atoms with Crippen molar-refractivity contribution >= 4 is 5.91 Å². The number of nitrogens with one attached hydrogen (secondary N) is 2. The SMILES string of the molecule is CNCC(=O)NCC1(O)CCCC1. The summed E-state index contributed by atoms with van der Waals surface area (Å²) in [6.07, 6.45) is 3.76. The van der Waals surface area contributed by atoms with Crippen LogP contribution in [0, 0.1) is 0 Å². The van der Waals surface area contributed by atoms with Crippen LogP contribution in [0.5, 0.6) is 0 Å². The molecule has 4 heteroatoms. The Morgan fingerprint density at radius 1 is 1.46 bits per heavy atom. The molecule has 0 aromatic rings. The maximum atomic E-state index is 11.1. The van der Waals surface area contributed by atoms with Gasteiger partial charge in [0, 0.05) is 6.54 Å². The van der Waals surface area contributed by atoms with Gasteiger partial charge in [-0.05, 0) is 19.9 Å². The Balaban J connectivity index is 2.21. The summed E-state index contributed by atoms with van der Waals surface area (Å²) in [5, 5.41) is 15.3. The largest absolute Gasteiger partial charge is 0.388 e. The van der Waals surface area contributed by atoms with E-state index < -0.39 is 5.60 Å². The van der Waals surface area contributed by atoms with Crippen LogP contribution >= 0.6 is 0 Å². The van der Waals surface area contributed by atoms with E-state index in [1.807, 2.05) is 0 Å². The quantitative estimate of drug-likeness (QED) is 0.561. The van der Waals surface area contributed by atoms with Crippen molar-refractivity contribution in [1.82, 2.24) is 10.6 Å². The van der Waals surface area contributed by atoms with Crippen molar-refractivity contribution in [2.75, 3.05) is 20.1 Å². The fourth-order valence-corrected chi connectivity index (χ4v) is 1.70. The fraction of sp³-hybridized carbons (Fsp3) is 0.889. The number of hydrogen-bond acceptors (Lipinski definition) is 3. The first-order valence-corrected chi connectivity index (χ1v) is 4.80. The smallest absolute Gasteiger partial charge is 0.234 e. The van der Waals surface area contributed by atoms with Crippen LogP contribution in [0.15, 0.2) is 0 Å². The minimum Gasteiger partial charge on any atom is -0.388 e. The summed E-state index contributed by atoms with van der Waals surface area (Å²) in [7, 11) is 1.73. The molecular formula is C9H18N2O2. The second kappa shape index (κ2) is 4.58. The zero-order chi connectivity index (χ0) is 9.73. The summed E-state index contributed by atoms with van der Waals surface area (Å²) >= 11 is 0. The summed E-state index contributed by atoms with van der Waals surface area (Å²) in [5.41, 5.74) is -0.636. The molecule has 0 spiro atoms. The molecule has 0 bridgehead atoms. The topological polar surface area (TPSA) is 61.4 Å². The van der Waals surface area contributed by atoms with Crippen molar-refractivity contribution < 1.29 is 9.90 Å². The number of carbonyl (C=O) groups excluding carboxylic acids is 1. The number of likely N-dealkylation sites (N-methyl/N-ethyl adjacent to an activating group) is 1. The lowest BCUT2D eigenvalue weighted by Crippen LogP contribution is -2.43. The molecule has 13 heavy (non-hydrogen) atoms. The van der Waals surface area contributed by atoms with Crippen molar-refractivity contribution in [3.05, 3.63) is 0 Å². The van der Waals surface area contributed by atoms with E-state index in [2.05, 4.69) is 10.6 Å². The van der Waals surface area contributed by atoms with Crippen LogP contribution in [0.4, 0.5) is 0 Å². The third-order valence-corrected chi connectivity index (χ3v) is 2.49. The maximum Gasteiger partial charge on any atom is 0.234 e. The van der Waals surface area contributed by atoms with Crippen LogP contribution in [-0.2, 0) is 4.79 Å². The van der Waals surface area contributed by atoms with E-state index >= 15 is 0 Å². The molecule has 76 valence electrons. The Bertz CT molecular complexity index is 176. The zero-order valence-electron chi connectivity index (χ0n) is 8.10. The van der Waals surface area contributed by atoms with Gasteiger partial charge in [-0.1, -0.05) is 12.8 Å². The molecule has 0 heterocycles. The molecule has 0 aromatic heterocycles. The summed E-state index contributed by atoms with van der Waals surface area (Å²) < 4.78 is 0. The molecule has 0 aliphatic heterocycles. The third kappa shape index (κ3) is 3.32. The molecule has 0 unspecified atom stereocenters. The second-order valence-electron chi connectivity index (χ2n) is 3.74. The van der Waals surface area contributed by atoms with Crippen molar-refractivity contribution in [3.8, 4) is 0 Å². The van der Waals surface area contributed by atoms with Crippen molar-refractivity contribution in [2.45, 2.75) is 31.3 Å². The van der Waals surface area contributed by atoms with Gasteiger partial charge in [-0.2, -0.15) is 0 Å². The standard InChI is InChI=1S/C9H18N2O2/c1-10-6-8(12)11-7-9(13)4-2-3-5-9/h10,13H,2-7H2,1H3,(H,11,12). The lowest BCUT2D eigenvalue weighted by Gasteiger charge is -2.22. The second-order valence-corrected chi connectivity index (χ2v) is 3.74. The molecule has 4 nitrogen and oxygen atoms in total. The van der Waals surface area contributed by atoms with Crippen LogP contribution in [0.2, 0.25) is 0 Å². The van der Waals surface area contributed by atoms with Crippen LogP contribution in [0.3, 0.4) is 0 Å². The average molecular weight is 186 g/mol. The molecule has 1 fully saturated rings. The predicted octanol–water partition coefficient (Wildman–Crippen LogP) is -0.373. The Hall–Kier alpha value is -0.610. The van der Waals surface area contributed by atoms with E-state index in [4.69, 9.17) is 0 Å². The normalized spacial score (nSPS) is 20.2. The highest BCUT2D eigenvalue weighted by Gasteiger charge is 2.30. The lowest BCUT2D eigenvalue weighted by molar-refractivity contribution is -0.121. The number of amides is 1. The van der Waals surface area contributed by atoms with Gasteiger partial charge < -0.3 is 15.7 Å². The molecule has 1 rings (SSSR count). The molecule has 0 aromatic carbocycles. The average Bonchev–Trinajstić information content (AvgIpc) is 2.51. The number of carbonyl (C=O) groups is 1. The van der Waals surface area contributed by atoms with E-state index in [9.17, 15) is 9.90 Å². The molecule has 0 atom stereocenters. The number of hydrogen-bond donors (Lipinski definition) is 3. The highest BCUT2D eigenvalue weighted by molar-refractivity contribution is 5.78. The number of aliphatic hydroxyl groups is 1. The third-order valence-electron chi connectivity index (χ3n) is 2.49. The Morgan fingerprint density at radius 2 is 2.08 bits per heavy atom. The fourth-order valence-electron chi connectivity index (χ4n) is 1.70. The first-order chi connectivity index (χ1) is 6.16. The van der Waals surface area contributed by atoms with Gasteiger partial charge in [0.05, 0.1) is 12.1 Å². The van der Waals surface area contributed by atoms with Crippen molar-refractivity contribution in [1.29, 1.82) is 0 Å². The van der Waals surface area contributed by atoms with Crippen LogP contribution in [-0.4, -0.2) is 36.8 Å². The molecule has 0 radical (unpaired) electrons. The van der Waals surface area contributed by atoms with E-state index in [-0.39, 0.29) is 5.91 Å². The zero-order valence-corrected chi connectivity index (χ0v) is 8.10. The van der Waals surface area contributed by atoms with Crippen molar-refractivity contribution in [2.24, 2.45) is 0 Å². The first-order valence-electron chi connectivity index (χ1n) is 4.80. The van der Waals surface area contributed by atoms with E-state index in [1.54, 1.807) is 7.05 Å². The van der Waals surface area contributed by atoms with Gasteiger partial charge in [0.15, 0.2) is 0 Å². The Kier molecular flexibility index (Phi) is 3.69. The summed E-state index contributed by atoms with van der Waals surface area (Å²) in [6.45, 7) is 0.712. The lowest BCUT2D eigenvalue weighted by atomic mass is 10.0. The number of rotatable bonds is 4. The van der Waals surface area contributed by atoms with E-state index in [0.717, 1.165) is 25.7 Å². The first kappa shape index (κ1) is 10.5. The van der Waals surface area contributed by atoms with E-state index in [1.165, 1.54) is 0 Å². The summed E-state index contributed by atoms with van der Waals surface area (Å²) in [4.78, 5) is 11.1. The molecular weight excluding hydrogens is 168 g/mol. The van der Waals surface area contributed by atoms with Crippen molar-refractivity contribution in [3.63, 3.8) is 0 Å². The van der Waals surface area contributed by atoms with Crippen LogP contribution < -0.4 is 10.6 Å². The van der Waals surface area contributed by atoms with Gasteiger partial charge in [-0.3, -0.25) is 4.79 Å². The van der Waals surface area contributed by atoms with Crippen LogP contribution in [0.1, 0.15) is 25.7 Å². The highest BCUT2D eigenvalue weighted by Crippen LogP contribution is 2.28. The molecule has 1 aliphatic carbocycles. The monoisotopic (exact) mass is 186 g/mol. The van der Waals surface area contributed by atoms with Gasteiger partial charge >= 0.3 is 0 Å². The Morgan fingerprint density at radius 3 is 2.62 bits per heavy atom. The Labute approximate surface area is 78.7 Å². The minimum absolute atomic E-state index is 0.0529.